The average Bonchev–Trinajstić information content (AvgIpc) is 2.85. The minimum atomic E-state index is -0.195. The lowest BCUT2D eigenvalue weighted by Gasteiger charge is -2.17. The van der Waals surface area contributed by atoms with Crippen LogP contribution >= 0.6 is 11.3 Å². The van der Waals surface area contributed by atoms with Gasteiger partial charge in [-0.3, -0.25) is 0 Å². The zero-order chi connectivity index (χ0) is 15.7. The van der Waals surface area contributed by atoms with Crippen molar-refractivity contribution in [3.8, 4) is 17.6 Å². The number of phenols is 2. The van der Waals surface area contributed by atoms with E-state index in [0.717, 1.165) is 24.8 Å². The Kier molecular flexibility index (Phi) is 3.86. The summed E-state index contributed by atoms with van der Waals surface area (Å²) >= 11 is 1.55. The highest BCUT2D eigenvalue weighted by molar-refractivity contribution is 7.16. The molecule has 0 saturated heterocycles. The average molecular weight is 312 g/mol. The van der Waals surface area contributed by atoms with Crippen LogP contribution < -0.4 is 0 Å². The van der Waals surface area contributed by atoms with Gasteiger partial charge in [0.2, 0.25) is 0 Å². The number of fused-ring (bicyclic) bond motifs is 1. The highest BCUT2D eigenvalue weighted by Gasteiger charge is 2.23. The highest BCUT2D eigenvalue weighted by Crippen LogP contribution is 2.40. The summed E-state index contributed by atoms with van der Waals surface area (Å²) in [5.74, 6) is 0.226. The molecule has 1 atom stereocenters. The molecule has 3 rings (SSSR count). The number of rotatable bonds is 2. The van der Waals surface area contributed by atoms with Crippen LogP contribution in [-0.4, -0.2) is 16.4 Å². The number of thiophene rings is 1. The minimum absolute atomic E-state index is 0.177. The lowest BCUT2D eigenvalue weighted by Crippen LogP contribution is -2.09. The van der Waals surface area contributed by atoms with Gasteiger partial charge in [0, 0.05) is 16.7 Å². The van der Waals surface area contributed by atoms with Crippen molar-refractivity contribution in [3.63, 3.8) is 0 Å². The fourth-order valence-electron chi connectivity index (χ4n) is 2.73. The molecule has 0 bridgehead atoms. The van der Waals surface area contributed by atoms with E-state index in [2.05, 4.69) is 18.0 Å². The standard InChI is InChI=1S/C17H16N2O2S/c1-10-5-6-15-12(7-10)13(8-18)17(22-15)19-9-11-3-2-4-14(20)16(11)21/h2-4,9-10,20-21H,5-7H2,1H3/b19-9+/t10-/m0/s1. The van der Waals surface area contributed by atoms with E-state index in [-0.39, 0.29) is 11.5 Å². The normalized spacial score (nSPS) is 17.4. The number of hydrogen-bond acceptors (Lipinski definition) is 5. The molecule has 112 valence electrons. The summed E-state index contributed by atoms with van der Waals surface area (Å²) < 4.78 is 0. The Bertz CT molecular complexity index is 787. The first-order valence-corrected chi connectivity index (χ1v) is 8.01. The van der Waals surface area contributed by atoms with Crippen LogP contribution in [-0.2, 0) is 12.8 Å². The van der Waals surface area contributed by atoms with E-state index in [1.54, 1.807) is 23.5 Å². The monoisotopic (exact) mass is 312 g/mol. The second-order valence-electron chi connectivity index (χ2n) is 5.62. The fraction of sp³-hybridized carbons (Fsp3) is 0.294. The molecule has 22 heavy (non-hydrogen) atoms. The van der Waals surface area contributed by atoms with Crippen LogP contribution in [0.2, 0.25) is 0 Å². The molecule has 0 spiro atoms. The third-order valence-corrected chi connectivity index (χ3v) is 5.17. The lowest BCUT2D eigenvalue weighted by atomic mass is 9.88. The van der Waals surface area contributed by atoms with Crippen LogP contribution in [0.4, 0.5) is 5.00 Å². The van der Waals surface area contributed by atoms with Gasteiger partial charge in [-0.05, 0) is 42.9 Å². The number of aliphatic imine (C=N–C) groups is 1. The van der Waals surface area contributed by atoms with Crippen LogP contribution in [0.5, 0.6) is 11.5 Å². The van der Waals surface area contributed by atoms with Gasteiger partial charge in [0.25, 0.3) is 0 Å². The van der Waals surface area contributed by atoms with Gasteiger partial charge in [-0.15, -0.1) is 11.3 Å². The Morgan fingerprint density at radius 2 is 2.23 bits per heavy atom. The molecule has 0 unspecified atom stereocenters. The molecule has 1 aliphatic carbocycles. The largest absolute Gasteiger partial charge is 0.504 e. The minimum Gasteiger partial charge on any atom is -0.504 e. The third-order valence-electron chi connectivity index (χ3n) is 3.97. The van der Waals surface area contributed by atoms with Gasteiger partial charge in [0.1, 0.15) is 11.1 Å². The van der Waals surface area contributed by atoms with E-state index >= 15 is 0 Å². The van der Waals surface area contributed by atoms with Gasteiger partial charge in [0.05, 0.1) is 5.56 Å². The summed E-state index contributed by atoms with van der Waals surface area (Å²) in [6, 6.07) is 7.00. The third kappa shape index (κ3) is 2.58. The molecule has 1 aliphatic rings. The van der Waals surface area contributed by atoms with Crippen molar-refractivity contribution >= 4 is 22.6 Å². The molecule has 2 aromatic rings. The maximum absolute atomic E-state index is 9.80. The van der Waals surface area contributed by atoms with E-state index in [0.29, 0.717) is 22.0 Å². The van der Waals surface area contributed by atoms with E-state index in [1.165, 1.54) is 17.2 Å². The number of para-hydroxylation sites is 1. The van der Waals surface area contributed by atoms with E-state index in [1.807, 2.05) is 0 Å². The van der Waals surface area contributed by atoms with Gasteiger partial charge >= 0.3 is 0 Å². The molecule has 0 aliphatic heterocycles. The summed E-state index contributed by atoms with van der Waals surface area (Å²) in [5.41, 5.74) is 2.23. The number of hydrogen-bond donors (Lipinski definition) is 2. The van der Waals surface area contributed by atoms with Gasteiger partial charge in [0.15, 0.2) is 11.5 Å². The van der Waals surface area contributed by atoms with Gasteiger partial charge < -0.3 is 10.2 Å². The number of nitriles is 1. The van der Waals surface area contributed by atoms with Gasteiger partial charge in [-0.25, -0.2) is 4.99 Å². The summed E-state index contributed by atoms with van der Waals surface area (Å²) in [5, 5.41) is 29.4. The molecular formula is C17H16N2O2S. The number of nitrogens with zero attached hydrogens (tertiary/aromatic N) is 2. The maximum Gasteiger partial charge on any atom is 0.166 e. The molecule has 0 amide bonds. The van der Waals surface area contributed by atoms with Gasteiger partial charge in [-0.1, -0.05) is 13.0 Å². The van der Waals surface area contributed by atoms with Crippen molar-refractivity contribution in [2.75, 3.05) is 0 Å². The topological polar surface area (TPSA) is 76.6 Å². The quantitative estimate of drug-likeness (QED) is 0.652. The Balaban J connectivity index is 1.98. The van der Waals surface area contributed by atoms with E-state index < -0.39 is 0 Å². The second kappa shape index (κ2) is 5.82. The molecular weight excluding hydrogens is 296 g/mol. The number of benzene rings is 1. The second-order valence-corrected chi connectivity index (χ2v) is 6.70. The summed E-state index contributed by atoms with van der Waals surface area (Å²) in [6.45, 7) is 2.20. The first-order valence-electron chi connectivity index (χ1n) is 7.19. The van der Waals surface area contributed by atoms with Crippen molar-refractivity contribution < 1.29 is 10.2 Å². The summed E-state index contributed by atoms with van der Waals surface area (Å²) in [4.78, 5) is 5.63. The van der Waals surface area contributed by atoms with Gasteiger partial charge in [-0.2, -0.15) is 5.26 Å². The Hall–Kier alpha value is -2.32. The Morgan fingerprint density at radius 3 is 3.00 bits per heavy atom. The maximum atomic E-state index is 9.80. The van der Waals surface area contributed by atoms with Crippen LogP contribution in [0.1, 0.15) is 34.9 Å². The molecule has 1 aromatic heterocycles. The van der Waals surface area contributed by atoms with Crippen LogP contribution in [0.15, 0.2) is 23.2 Å². The van der Waals surface area contributed by atoms with Crippen molar-refractivity contribution in [2.24, 2.45) is 10.9 Å². The predicted molar refractivity (Wildman–Crippen MR) is 87.2 cm³/mol. The first kappa shape index (κ1) is 14.6. The SMILES string of the molecule is C[C@H]1CCc2sc(/N=C/c3cccc(O)c3O)c(C#N)c2C1. The summed E-state index contributed by atoms with van der Waals surface area (Å²) in [6.07, 6.45) is 4.58. The van der Waals surface area contributed by atoms with Crippen LogP contribution in [0.25, 0.3) is 0 Å². The molecule has 0 saturated carbocycles. The van der Waals surface area contributed by atoms with Crippen molar-refractivity contribution in [1.29, 1.82) is 5.26 Å². The molecule has 1 heterocycles. The Labute approximate surface area is 133 Å². The molecule has 5 heteroatoms. The van der Waals surface area contributed by atoms with Crippen molar-refractivity contribution in [3.05, 3.63) is 39.8 Å². The smallest absolute Gasteiger partial charge is 0.166 e. The fourth-order valence-corrected chi connectivity index (χ4v) is 3.87. The number of aryl methyl sites for hydroxylation is 1. The van der Waals surface area contributed by atoms with Crippen molar-refractivity contribution in [2.45, 2.75) is 26.2 Å². The number of phenolic OH excluding ortho intramolecular Hbond substituents is 2. The molecule has 1 aromatic carbocycles. The predicted octanol–water partition coefficient (Wildman–Crippen LogP) is 3.91. The molecule has 0 fully saturated rings. The highest BCUT2D eigenvalue weighted by atomic mass is 32.1. The van der Waals surface area contributed by atoms with Crippen LogP contribution in [0.3, 0.4) is 0 Å². The number of aromatic hydroxyl groups is 2. The molecule has 4 nitrogen and oxygen atoms in total. The molecule has 0 radical (unpaired) electrons. The van der Waals surface area contributed by atoms with Crippen LogP contribution in [0, 0.1) is 17.2 Å². The summed E-state index contributed by atoms with van der Waals surface area (Å²) in [7, 11) is 0. The Morgan fingerprint density at radius 1 is 1.41 bits per heavy atom. The lowest BCUT2D eigenvalue weighted by molar-refractivity contribution is 0.403. The van der Waals surface area contributed by atoms with Crippen molar-refractivity contribution in [1.82, 2.24) is 0 Å². The molecule has 2 N–H and O–H groups in total. The zero-order valence-corrected chi connectivity index (χ0v) is 13.0. The zero-order valence-electron chi connectivity index (χ0n) is 12.2. The van der Waals surface area contributed by atoms with E-state index in [9.17, 15) is 15.5 Å². The first-order chi connectivity index (χ1) is 10.6. The van der Waals surface area contributed by atoms with E-state index in [4.69, 9.17) is 0 Å².